The van der Waals surface area contributed by atoms with Crippen LogP contribution in [0, 0.1) is 0 Å². The first kappa shape index (κ1) is 14.3. The van der Waals surface area contributed by atoms with Crippen molar-refractivity contribution in [1.82, 2.24) is 15.2 Å². The number of piperidine rings is 1. The van der Waals surface area contributed by atoms with Crippen molar-refractivity contribution >= 4 is 12.0 Å². The molecule has 2 heterocycles. The van der Waals surface area contributed by atoms with Crippen molar-refractivity contribution in [2.24, 2.45) is 0 Å². The smallest absolute Gasteiger partial charge is 0.407 e. The first-order valence-corrected chi connectivity index (χ1v) is 6.84. The van der Waals surface area contributed by atoms with E-state index in [1.807, 2.05) is 0 Å². The summed E-state index contributed by atoms with van der Waals surface area (Å²) in [5.74, 6) is -0.0963. The highest BCUT2D eigenvalue weighted by molar-refractivity contribution is 5.92. The number of nitrogens with zero attached hydrogens (tertiary/aromatic N) is 2. The average molecular weight is 277 g/mol. The van der Waals surface area contributed by atoms with E-state index < -0.39 is 6.09 Å². The van der Waals surface area contributed by atoms with Gasteiger partial charge in [-0.25, -0.2) is 4.79 Å². The van der Waals surface area contributed by atoms with Crippen LogP contribution in [0.2, 0.25) is 0 Å². The van der Waals surface area contributed by atoms with Gasteiger partial charge in [-0.2, -0.15) is 0 Å². The number of amides is 2. The van der Waals surface area contributed by atoms with Crippen LogP contribution in [-0.4, -0.2) is 47.6 Å². The van der Waals surface area contributed by atoms with E-state index in [2.05, 4.69) is 10.3 Å². The number of nitrogens with one attached hydrogen (secondary N) is 1. The zero-order chi connectivity index (χ0) is 14.4. The third kappa shape index (κ3) is 3.69. The van der Waals surface area contributed by atoms with Crippen molar-refractivity contribution in [3.05, 3.63) is 30.1 Å². The number of hydrogen-bond donors (Lipinski definition) is 1. The molecule has 1 fully saturated rings. The minimum atomic E-state index is -0.426. The van der Waals surface area contributed by atoms with Crippen molar-refractivity contribution in [2.75, 3.05) is 19.7 Å². The Balaban J connectivity index is 1.93. The summed E-state index contributed by atoms with van der Waals surface area (Å²) in [6.45, 7) is 3.29. The van der Waals surface area contributed by atoms with Gasteiger partial charge in [0.15, 0.2) is 0 Å². The van der Waals surface area contributed by atoms with E-state index in [0.717, 1.165) is 12.8 Å². The maximum absolute atomic E-state index is 12.3. The Morgan fingerprint density at radius 2 is 2.35 bits per heavy atom. The highest BCUT2D eigenvalue weighted by atomic mass is 16.5. The van der Waals surface area contributed by atoms with E-state index in [1.165, 1.54) is 0 Å². The van der Waals surface area contributed by atoms with E-state index in [-0.39, 0.29) is 11.9 Å². The molecular formula is C14H19N3O3. The van der Waals surface area contributed by atoms with E-state index >= 15 is 0 Å². The molecule has 0 saturated carbocycles. The molecule has 108 valence electrons. The molecule has 1 aromatic rings. The third-order valence-electron chi connectivity index (χ3n) is 3.19. The molecule has 6 nitrogen and oxygen atoms in total. The number of likely N-dealkylation sites (tertiary alicyclic amines) is 1. The van der Waals surface area contributed by atoms with E-state index in [4.69, 9.17) is 4.74 Å². The molecule has 0 bridgehead atoms. The molecule has 1 N–H and O–H groups in total. The topological polar surface area (TPSA) is 71.5 Å². The number of carbonyl (C=O) groups is 2. The molecule has 0 spiro atoms. The number of hydrogen-bond acceptors (Lipinski definition) is 4. The highest BCUT2D eigenvalue weighted by Crippen LogP contribution is 2.13. The lowest BCUT2D eigenvalue weighted by Gasteiger charge is -2.32. The maximum Gasteiger partial charge on any atom is 0.407 e. The van der Waals surface area contributed by atoms with Gasteiger partial charge in [-0.05, 0) is 31.9 Å². The summed E-state index contributed by atoms with van der Waals surface area (Å²) in [6.07, 6.45) is 2.89. The molecule has 1 atom stereocenters. The molecule has 0 unspecified atom stereocenters. The Kier molecular flexibility index (Phi) is 4.92. The Morgan fingerprint density at radius 3 is 3.05 bits per heavy atom. The van der Waals surface area contributed by atoms with E-state index in [0.29, 0.717) is 25.4 Å². The molecule has 1 aromatic heterocycles. The molecule has 20 heavy (non-hydrogen) atoms. The molecule has 2 rings (SSSR count). The second-order valence-electron chi connectivity index (χ2n) is 4.67. The first-order chi connectivity index (χ1) is 9.70. The van der Waals surface area contributed by atoms with Crippen LogP contribution in [0.15, 0.2) is 24.4 Å². The van der Waals surface area contributed by atoms with Crippen molar-refractivity contribution in [3.63, 3.8) is 0 Å². The fraction of sp³-hybridized carbons (Fsp3) is 0.500. The summed E-state index contributed by atoms with van der Waals surface area (Å²) in [5.41, 5.74) is 0.435. The molecule has 0 aromatic carbocycles. The van der Waals surface area contributed by atoms with Crippen molar-refractivity contribution in [3.8, 4) is 0 Å². The number of alkyl carbamates (subject to hydrolysis) is 1. The van der Waals surface area contributed by atoms with Gasteiger partial charge in [0.05, 0.1) is 6.61 Å². The predicted octanol–water partition coefficient (Wildman–Crippen LogP) is 1.43. The van der Waals surface area contributed by atoms with Crippen molar-refractivity contribution in [2.45, 2.75) is 25.8 Å². The van der Waals surface area contributed by atoms with Gasteiger partial charge in [0, 0.05) is 25.3 Å². The lowest BCUT2D eigenvalue weighted by Crippen LogP contribution is -2.49. The molecular weight excluding hydrogens is 258 g/mol. The number of rotatable bonds is 3. The summed E-state index contributed by atoms with van der Waals surface area (Å²) < 4.78 is 4.86. The highest BCUT2D eigenvalue weighted by Gasteiger charge is 2.26. The first-order valence-electron chi connectivity index (χ1n) is 6.84. The zero-order valence-corrected chi connectivity index (χ0v) is 11.5. The van der Waals surface area contributed by atoms with Crippen molar-refractivity contribution in [1.29, 1.82) is 0 Å². The van der Waals surface area contributed by atoms with Gasteiger partial charge in [0.25, 0.3) is 5.91 Å². The summed E-state index contributed by atoms with van der Waals surface area (Å²) in [5, 5.41) is 2.78. The monoisotopic (exact) mass is 277 g/mol. The van der Waals surface area contributed by atoms with Gasteiger partial charge in [-0.3, -0.25) is 9.78 Å². The Bertz CT molecular complexity index is 464. The molecule has 0 aliphatic carbocycles. The largest absolute Gasteiger partial charge is 0.450 e. The van der Waals surface area contributed by atoms with Crippen LogP contribution < -0.4 is 5.32 Å². The number of aromatic nitrogens is 1. The second kappa shape index (κ2) is 6.88. The molecule has 6 heteroatoms. The fourth-order valence-corrected chi connectivity index (χ4v) is 2.27. The van der Waals surface area contributed by atoms with Crippen LogP contribution in [-0.2, 0) is 4.74 Å². The summed E-state index contributed by atoms with van der Waals surface area (Å²) in [4.78, 5) is 29.5. The fourth-order valence-electron chi connectivity index (χ4n) is 2.27. The maximum atomic E-state index is 12.3. The number of pyridine rings is 1. The minimum Gasteiger partial charge on any atom is -0.450 e. The molecule has 1 saturated heterocycles. The van der Waals surface area contributed by atoms with Crippen LogP contribution in [0.4, 0.5) is 4.79 Å². The SMILES string of the molecule is CCOC(=O)N[C@H]1CCCN(C(=O)c2ccccn2)C1. The lowest BCUT2D eigenvalue weighted by atomic mass is 10.1. The summed E-state index contributed by atoms with van der Waals surface area (Å²) in [6, 6.07) is 5.21. The van der Waals surface area contributed by atoms with Gasteiger partial charge in [0.1, 0.15) is 5.69 Å². The summed E-state index contributed by atoms with van der Waals surface area (Å²) in [7, 11) is 0. The van der Waals surface area contributed by atoms with Gasteiger partial charge >= 0.3 is 6.09 Å². The number of ether oxygens (including phenoxy) is 1. The Hall–Kier alpha value is -2.11. The normalized spacial score (nSPS) is 18.4. The van der Waals surface area contributed by atoms with Crippen molar-refractivity contribution < 1.29 is 14.3 Å². The molecule has 1 aliphatic rings. The van der Waals surface area contributed by atoms with Crippen LogP contribution in [0.3, 0.4) is 0 Å². The predicted molar refractivity (Wildman–Crippen MR) is 73.3 cm³/mol. The minimum absolute atomic E-state index is 0.0598. The van der Waals surface area contributed by atoms with Crippen LogP contribution in [0.25, 0.3) is 0 Å². The quantitative estimate of drug-likeness (QED) is 0.907. The second-order valence-corrected chi connectivity index (χ2v) is 4.67. The van der Waals surface area contributed by atoms with Gasteiger partial charge < -0.3 is 15.0 Å². The van der Waals surface area contributed by atoms with E-state index in [1.54, 1.807) is 36.2 Å². The standard InChI is InChI=1S/C14H19N3O3/c1-2-20-14(19)16-11-6-5-9-17(10-11)13(18)12-7-3-4-8-15-12/h3-4,7-8,11H,2,5-6,9-10H2,1H3,(H,16,19)/t11-/m0/s1. The Labute approximate surface area is 118 Å². The van der Waals surface area contributed by atoms with Gasteiger partial charge in [-0.1, -0.05) is 6.07 Å². The van der Waals surface area contributed by atoms with Crippen LogP contribution in [0.1, 0.15) is 30.3 Å². The lowest BCUT2D eigenvalue weighted by molar-refractivity contribution is 0.0680. The molecule has 0 radical (unpaired) electrons. The van der Waals surface area contributed by atoms with Crippen LogP contribution >= 0.6 is 0 Å². The Morgan fingerprint density at radius 1 is 1.50 bits per heavy atom. The summed E-state index contributed by atoms with van der Waals surface area (Å²) >= 11 is 0. The van der Waals surface area contributed by atoms with Gasteiger partial charge in [-0.15, -0.1) is 0 Å². The number of carbonyl (C=O) groups excluding carboxylic acids is 2. The molecule has 1 aliphatic heterocycles. The third-order valence-corrected chi connectivity index (χ3v) is 3.19. The zero-order valence-electron chi connectivity index (χ0n) is 11.5. The van der Waals surface area contributed by atoms with Gasteiger partial charge in [0.2, 0.25) is 0 Å². The molecule has 2 amide bonds. The van der Waals surface area contributed by atoms with E-state index in [9.17, 15) is 9.59 Å². The average Bonchev–Trinajstić information content (AvgIpc) is 2.48. The van der Waals surface area contributed by atoms with Crippen LogP contribution in [0.5, 0.6) is 0 Å².